The molecule has 0 fully saturated rings. The topological polar surface area (TPSA) is 231 Å². The van der Waals surface area contributed by atoms with Crippen LogP contribution in [-0.2, 0) is 55.8 Å². The maximum Gasteiger partial charge on any atom is 0.472 e. The van der Waals surface area contributed by atoms with Crippen molar-refractivity contribution in [3.8, 4) is 0 Å². The van der Waals surface area contributed by atoms with E-state index < -0.39 is 91.5 Å². The lowest BCUT2D eigenvalue weighted by Crippen LogP contribution is -2.30. The van der Waals surface area contributed by atoms with Gasteiger partial charge in [-0.15, -0.1) is 0 Å². The average Bonchev–Trinajstić information content (AvgIpc) is 1.86. The summed E-state index contributed by atoms with van der Waals surface area (Å²) >= 11 is 0. The predicted octanol–water partition coefficient (Wildman–Crippen LogP) is 22.0. The summed E-state index contributed by atoms with van der Waals surface area (Å²) in [5.74, 6) is -1.61. The molecule has 0 aromatic rings. The second kappa shape index (κ2) is 72.0. The Balaban J connectivity index is 4.43. The first-order valence-corrected chi connectivity index (χ1v) is 41.2. The third-order valence-electron chi connectivity index (χ3n) is 16.0. The first-order valence-electron chi connectivity index (χ1n) is 38.2. The van der Waals surface area contributed by atoms with Crippen LogP contribution >= 0.6 is 15.6 Å². The summed E-state index contributed by atoms with van der Waals surface area (Å²) in [6.45, 7) is 2.49. The van der Waals surface area contributed by atoms with Crippen molar-refractivity contribution in [2.75, 3.05) is 39.6 Å². The van der Waals surface area contributed by atoms with Crippen molar-refractivity contribution in [2.45, 2.75) is 334 Å². The van der Waals surface area contributed by atoms with Gasteiger partial charge in [0.05, 0.1) is 26.4 Å². The van der Waals surface area contributed by atoms with Crippen LogP contribution in [0.5, 0.6) is 0 Å². The van der Waals surface area contributed by atoms with E-state index in [4.69, 9.17) is 32.3 Å². The minimum absolute atomic E-state index is 0.0881. The molecule has 4 N–H and O–H groups in total. The third kappa shape index (κ3) is 73.3. The molecule has 0 saturated carbocycles. The zero-order chi connectivity index (χ0) is 70.9. The molecule has 0 aliphatic heterocycles. The number of aliphatic hydroxyl groups excluding tert-OH is 2. The minimum Gasteiger partial charge on any atom is -0.463 e. The summed E-state index contributed by atoms with van der Waals surface area (Å²) in [5, 5.41) is 20.6. The molecule has 16 nitrogen and oxygen atoms in total. The van der Waals surface area contributed by atoms with Crippen LogP contribution < -0.4 is 0 Å². The van der Waals surface area contributed by atoms with Gasteiger partial charge in [-0.2, -0.15) is 0 Å². The van der Waals surface area contributed by atoms with Gasteiger partial charge in [0.1, 0.15) is 25.4 Å². The van der Waals surface area contributed by atoms with Gasteiger partial charge in [0.2, 0.25) is 0 Å². The summed E-state index contributed by atoms with van der Waals surface area (Å²) in [6.07, 6.45) is 83.0. The summed E-state index contributed by atoms with van der Waals surface area (Å²) in [7, 11) is -9.79. The summed E-state index contributed by atoms with van der Waals surface area (Å²) in [4.78, 5) is 58.5. The minimum atomic E-state index is -4.93. The summed E-state index contributed by atoms with van der Waals surface area (Å²) in [6, 6.07) is 0. The van der Waals surface area contributed by atoms with Gasteiger partial charge >= 0.3 is 33.6 Å². The van der Waals surface area contributed by atoms with E-state index in [1.165, 1.54) is 128 Å². The van der Waals surface area contributed by atoms with Gasteiger partial charge in [0.15, 0.2) is 6.10 Å². The molecule has 0 spiro atoms. The van der Waals surface area contributed by atoms with Gasteiger partial charge in [-0.05, 0) is 128 Å². The number of carbonyl (C=O) groups is 3. The molecule has 560 valence electrons. The first-order chi connectivity index (χ1) is 47.2. The number of aliphatic hydroxyl groups is 2. The fraction of sp³-hybridized carbons (Fsp3) is 0.734. The van der Waals surface area contributed by atoms with Crippen LogP contribution in [0.4, 0.5) is 0 Å². The van der Waals surface area contributed by atoms with E-state index in [1.807, 2.05) is 0 Å². The van der Waals surface area contributed by atoms with Gasteiger partial charge in [-0.25, -0.2) is 9.13 Å². The molecule has 0 radical (unpaired) electrons. The molecule has 0 saturated heterocycles. The van der Waals surface area contributed by atoms with Crippen molar-refractivity contribution in [3.63, 3.8) is 0 Å². The molecule has 0 bridgehead atoms. The second-order valence-electron chi connectivity index (χ2n) is 25.4. The molecule has 97 heavy (non-hydrogen) atoms. The number of ether oxygens (including phenoxy) is 3. The van der Waals surface area contributed by atoms with E-state index in [9.17, 15) is 43.5 Å². The number of carbonyl (C=O) groups excluding carboxylic acids is 3. The van der Waals surface area contributed by atoms with Crippen molar-refractivity contribution in [1.29, 1.82) is 0 Å². The highest BCUT2D eigenvalue weighted by molar-refractivity contribution is 7.47. The number of esters is 3. The second-order valence-corrected chi connectivity index (χ2v) is 28.3. The first kappa shape index (κ1) is 93.2. The highest BCUT2D eigenvalue weighted by Crippen LogP contribution is 2.45. The molecule has 0 aromatic carbocycles. The van der Waals surface area contributed by atoms with Crippen LogP contribution in [0, 0.1) is 0 Å². The molecule has 0 aliphatic carbocycles. The fourth-order valence-electron chi connectivity index (χ4n) is 10.1. The Kier molecular flexibility index (Phi) is 69.2. The van der Waals surface area contributed by atoms with E-state index in [-0.39, 0.29) is 19.3 Å². The van der Waals surface area contributed by atoms with E-state index in [0.717, 1.165) is 128 Å². The molecule has 18 heteroatoms. The highest BCUT2D eigenvalue weighted by Gasteiger charge is 2.29. The number of allylic oxidation sites excluding steroid dienone is 18. The molecule has 0 aromatic heterocycles. The molecule has 0 rings (SSSR count). The monoisotopic (exact) mass is 1400 g/mol. The van der Waals surface area contributed by atoms with Crippen LogP contribution in [0.25, 0.3) is 0 Å². The molecule has 0 amide bonds. The van der Waals surface area contributed by atoms with Crippen LogP contribution in [0.2, 0.25) is 0 Å². The van der Waals surface area contributed by atoms with E-state index in [1.54, 1.807) is 0 Å². The van der Waals surface area contributed by atoms with Crippen LogP contribution in [0.3, 0.4) is 0 Å². The van der Waals surface area contributed by atoms with E-state index >= 15 is 0 Å². The quantitative estimate of drug-likeness (QED) is 0.0146. The molecule has 0 aliphatic rings. The lowest BCUT2D eigenvalue weighted by atomic mass is 10.0. The number of hydrogen-bond acceptors (Lipinski definition) is 14. The number of phosphoric ester groups is 2. The van der Waals surface area contributed by atoms with Crippen LogP contribution in [0.1, 0.15) is 316 Å². The zero-order valence-corrected chi connectivity index (χ0v) is 62.8. The zero-order valence-electron chi connectivity index (χ0n) is 61.0. The Morgan fingerprint density at radius 2 is 0.546 bits per heavy atom. The van der Waals surface area contributed by atoms with E-state index in [0.29, 0.717) is 19.3 Å². The van der Waals surface area contributed by atoms with Crippen molar-refractivity contribution in [3.05, 3.63) is 109 Å². The normalized spacial score (nSPS) is 14.7. The van der Waals surface area contributed by atoms with Crippen LogP contribution in [0.15, 0.2) is 109 Å². The van der Waals surface area contributed by atoms with Gasteiger partial charge in [-0.3, -0.25) is 32.5 Å². The Bertz CT molecular complexity index is 2200. The number of phosphoric acid groups is 2. The van der Waals surface area contributed by atoms with E-state index in [2.05, 4.69) is 130 Å². The smallest absolute Gasteiger partial charge is 0.463 e. The Morgan fingerprint density at radius 1 is 0.299 bits per heavy atom. The standard InChI is InChI=1S/C79H138O16P2/c1-4-7-10-13-16-19-22-25-27-29-30-31-32-33-34-35-36-37-38-39-40-41-42-44-46-48-50-53-56-59-62-65-77(82)89-68-74(80)69-91-96(85,86)92-70-75(81)71-93-97(87,88)94-73-76(95-79(84)67-64-61-58-55-52-47-24-21-18-15-12-9-6-3)72-90-78(83)66-63-60-57-54-51-49-45-43-28-26-23-20-17-14-11-8-5-2/h8,11,16-17,19-21,24-28,30-31,33-34,45,49,74-76,80-81H,4-7,9-10,12-15,18,22-23,29,32,35-44,46-48,50-73H2,1-3H3,(H,85,86)(H,87,88)/b11-8-,19-16-,20-17-,24-21-,27-25-,28-26-,31-30-,34-33-,49-45-. The molecule has 5 unspecified atom stereocenters. The van der Waals surface area contributed by atoms with Crippen molar-refractivity contribution >= 4 is 33.6 Å². The number of unbranched alkanes of at least 4 members (excludes halogenated alkanes) is 31. The SMILES string of the molecule is CC/C=C\C/C=C\C/C=C\C/C=C\CCCCCCC(=O)OCC(COP(=O)(O)OCC(O)COP(=O)(O)OCC(O)COC(=O)CCCCCCCCCCCCCCCCC/C=C\C/C=C\C/C=C\C/C=C\CCCCC)OC(=O)CCCCCCC/C=C\CCCCCC. The van der Waals surface area contributed by atoms with Crippen molar-refractivity contribution in [2.24, 2.45) is 0 Å². The third-order valence-corrected chi connectivity index (χ3v) is 17.9. The largest absolute Gasteiger partial charge is 0.472 e. The van der Waals surface area contributed by atoms with Gasteiger partial charge in [0.25, 0.3) is 0 Å². The van der Waals surface area contributed by atoms with Gasteiger partial charge in [0, 0.05) is 19.3 Å². The Labute approximate surface area is 590 Å². The number of hydrogen-bond donors (Lipinski definition) is 4. The molecule has 0 heterocycles. The average molecular weight is 1410 g/mol. The van der Waals surface area contributed by atoms with Gasteiger partial charge in [-0.1, -0.05) is 278 Å². The molecular formula is C79H138O16P2. The molecule has 5 atom stereocenters. The van der Waals surface area contributed by atoms with Crippen LogP contribution in [-0.4, -0.2) is 95.9 Å². The predicted molar refractivity (Wildman–Crippen MR) is 399 cm³/mol. The summed E-state index contributed by atoms with van der Waals surface area (Å²) < 4.78 is 61.0. The lowest BCUT2D eigenvalue weighted by molar-refractivity contribution is -0.161. The highest BCUT2D eigenvalue weighted by atomic mass is 31.2. The van der Waals surface area contributed by atoms with Crippen molar-refractivity contribution in [1.82, 2.24) is 0 Å². The molecular weight excluding hydrogens is 1270 g/mol. The summed E-state index contributed by atoms with van der Waals surface area (Å²) in [5.41, 5.74) is 0. The van der Waals surface area contributed by atoms with Gasteiger partial charge < -0.3 is 34.2 Å². The fourth-order valence-corrected chi connectivity index (χ4v) is 11.7. The Morgan fingerprint density at radius 3 is 0.897 bits per heavy atom. The lowest BCUT2D eigenvalue weighted by Gasteiger charge is -2.21. The Hall–Kier alpha value is -3.79. The van der Waals surface area contributed by atoms with Crippen molar-refractivity contribution < 1.29 is 75.8 Å². The maximum atomic E-state index is 12.9. The maximum absolute atomic E-state index is 12.9. The number of rotatable bonds is 72.